The van der Waals surface area contributed by atoms with E-state index in [4.69, 9.17) is 16.3 Å². The van der Waals surface area contributed by atoms with Crippen LogP contribution < -0.4 is 15.8 Å². The molecule has 1 saturated heterocycles. The second-order valence-electron chi connectivity index (χ2n) is 10.4. The van der Waals surface area contributed by atoms with Crippen molar-refractivity contribution in [2.75, 3.05) is 24.5 Å². The summed E-state index contributed by atoms with van der Waals surface area (Å²) in [5, 5.41) is 4.31. The summed E-state index contributed by atoms with van der Waals surface area (Å²) in [6.07, 6.45) is 4.92. The third kappa shape index (κ3) is 6.28. The molecular weight excluding hydrogens is 500 g/mol. The number of hydrogen-bond donors (Lipinski definition) is 2. The van der Waals surface area contributed by atoms with Gasteiger partial charge in [0.25, 0.3) is 5.56 Å². The van der Waals surface area contributed by atoms with Crippen LogP contribution in [0.15, 0.2) is 39.2 Å². The van der Waals surface area contributed by atoms with Crippen LogP contribution in [0.4, 0.5) is 10.6 Å². The standard InChI is InChI=1S/C25H31ClN6O3S/c1-15-30-16-6-7-17(21(26)20(16)22(33)31-15)36-19-13-27-18(12-28-19)32-10-8-25(5,9-11-32)14-29-23(34)35-24(2,3)4/h6-7,12-13H,8-11,14H2,1-5H3,(H,29,34)(H,30,31,33). The fraction of sp³-hybridized carbons (Fsp3) is 0.480. The van der Waals surface area contributed by atoms with E-state index in [0.717, 1.165) is 31.7 Å². The first-order valence-electron chi connectivity index (χ1n) is 11.8. The number of ether oxygens (including phenoxy) is 1. The number of aromatic nitrogens is 4. The average Bonchev–Trinajstić information content (AvgIpc) is 2.79. The van der Waals surface area contributed by atoms with Gasteiger partial charge in [-0.2, -0.15) is 0 Å². The van der Waals surface area contributed by atoms with Crippen LogP contribution in [0.25, 0.3) is 10.9 Å². The Balaban J connectivity index is 1.36. The van der Waals surface area contributed by atoms with Crippen LogP contribution >= 0.6 is 23.4 Å². The summed E-state index contributed by atoms with van der Waals surface area (Å²) in [6.45, 7) is 11.7. The number of anilines is 1. The summed E-state index contributed by atoms with van der Waals surface area (Å²) < 4.78 is 5.35. The van der Waals surface area contributed by atoms with Crippen molar-refractivity contribution in [2.24, 2.45) is 5.41 Å². The van der Waals surface area contributed by atoms with Gasteiger partial charge in [-0.1, -0.05) is 30.3 Å². The summed E-state index contributed by atoms with van der Waals surface area (Å²) in [5.41, 5.74) is -0.213. The first kappa shape index (κ1) is 26.2. The lowest BCUT2D eigenvalue weighted by atomic mass is 9.80. The number of fused-ring (bicyclic) bond motifs is 1. The molecule has 11 heteroatoms. The van der Waals surface area contributed by atoms with Gasteiger partial charge in [0.2, 0.25) is 0 Å². The molecule has 0 bridgehead atoms. The number of carbonyl (C=O) groups excluding carboxylic acids is 1. The number of alkyl carbamates (subject to hydrolysis) is 1. The normalized spacial score (nSPS) is 15.7. The third-order valence-electron chi connectivity index (χ3n) is 6.08. The van der Waals surface area contributed by atoms with Crippen LogP contribution in [-0.2, 0) is 4.74 Å². The Morgan fingerprint density at radius 1 is 1.25 bits per heavy atom. The fourth-order valence-electron chi connectivity index (χ4n) is 4.06. The molecule has 0 aliphatic carbocycles. The Morgan fingerprint density at radius 3 is 2.61 bits per heavy atom. The maximum Gasteiger partial charge on any atom is 0.407 e. The van der Waals surface area contributed by atoms with E-state index in [-0.39, 0.29) is 17.1 Å². The van der Waals surface area contributed by atoms with Gasteiger partial charge in [-0.15, -0.1) is 0 Å². The summed E-state index contributed by atoms with van der Waals surface area (Å²) in [6, 6.07) is 3.63. The van der Waals surface area contributed by atoms with Crippen LogP contribution in [0.5, 0.6) is 0 Å². The van der Waals surface area contributed by atoms with Crippen molar-refractivity contribution in [1.29, 1.82) is 0 Å². The summed E-state index contributed by atoms with van der Waals surface area (Å²) >= 11 is 7.89. The van der Waals surface area contributed by atoms with E-state index in [1.54, 1.807) is 25.4 Å². The molecule has 1 amide bonds. The molecule has 9 nitrogen and oxygen atoms in total. The first-order valence-corrected chi connectivity index (χ1v) is 13.0. The number of benzene rings is 1. The number of rotatable bonds is 5. The van der Waals surface area contributed by atoms with Crippen LogP contribution in [0.3, 0.4) is 0 Å². The number of halogens is 1. The number of carbonyl (C=O) groups is 1. The molecule has 0 spiro atoms. The van der Waals surface area contributed by atoms with Crippen molar-refractivity contribution in [3.8, 4) is 0 Å². The molecule has 4 rings (SSSR count). The monoisotopic (exact) mass is 530 g/mol. The van der Waals surface area contributed by atoms with Crippen molar-refractivity contribution in [2.45, 2.75) is 63.0 Å². The van der Waals surface area contributed by atoms with Gasteiger partial charge in [-0.25, -0.2) is 19.7 Å². The summed E-state index contributed by atoms with van der Waals surface area (Å²) in [7, 11) is 0. The van der Waals surface area contributed by atoms with Gasteiger partial charge in [0.15, 0.2) is 0 Å². The van der Waals surface area contributed by atoms with Crippen LogP contribution in [0, 0.1) is 12.3 Å². The lowest BCUT2D eigenvalue weighted by Gasteiger charge is -2.40. The number of aryl methyl sites for hydroxylation is 1. The lowest BCUT2D eigenvalue weighted by Crippen LogP contribution is -2.45. The molecule has 2 aromatic heterocycles. The van der Waals surface area contributed by atoms with E-state index in [2.05, 4.69) is 37.1 Å². The van der Waals surface area contributed by atoms with E-state index in [0.29, 0.717) is 38.2 Å². The Kier molecular flexibility index (Phi) is 7.47. The Morgan fingerprint density at radius 2 is 1.97 bits per heavy atom. The summed E-state index contributed by atoms with van der Waals surface area (Å²) in [5.74, 6) is 1.35. The Bertz CT molecular complexity index is 1310. The number of amides is 1. The number of aromatic amines is 1. The highest BCUT2D eigenvalue weighted by Crippen LogP contribution is 2.36. The van der Waals surface area contributed by atoms with Gasteiger partial charge in [-0.05, 0) is 58.1 Å². The molecule has 3 heterocycles. The number of H-pyrrole nitrogens is 1. The zero-order valence-electron chi connectivity index (χ0n) is 21.1. The van der Waals surface area contributed by atoms with E-state index in [1.165, 1.54) is 11.8 Å². The molecule has 0 saturated carbocycles. The number of nitrogens with zero attached hydrogens (tertiary/aromatic N) is 4. The summed E-state index contributed by atoms with van der Waals surface area (Å²) in [4.78, 5) is 43.5. The number of nitrogens with one attached hydrogen (secondary N) is 2. The molecule has 1 fully saturated rings. The van der Waals surface area contributed by atoms with Crippen molar-refractivity contribution < 1.29 is 9.53 Å². The fourth-order valence-corrected chi connectivity index (χ4v) is 5.19. The van der Waals surface area contributed by atoms with Crippen LogP contribution in [0.1, 0.15) is 46.4 Å². The minimum Gasteiger partial charge on any atom is -0.444 e. The SMILES string of the molecule is Cc1nc2ccc(Sc3cnc(N4CCC(C)(CNC(=O)OC(C)(C)C)CC4)cn3)c(Cl)c2c(=O)[nH]1. The van der Waals surface area contributed by atoms with E-state index < -0.39 is 5.60 Å². The highest BCUT2D eigenvalue weighted by molar-refractivity contribution is 7.99. The molecule has 192 valence electrons. The maximum atomic E-state index is 12.4. The minimum atomic E-state index is -0.509. The molecular formula is C25H31ClN6O3S. The molecule has 36 heavy (non-hydrogen) atoms. The zero-order chi connectivity index (χ0) is 26.1. The molecule has 2 N–H and O–H groups in total. The first-order chi connectivity index (χ1) is 16.9. The van der Waals surface area contributed by atoms with Gasteiger partial charge in [-0.3, -0.25) is 4.79 Å². The van der Waals surface area contributed by atoms with Crippen LogP contribution in [-0.4, -0.2) is 51.3 Å². The van der Waals surface area contributed by atoms with Crippen molar-refractivity contribution in [3.63, 3.8) is 0 Å². The largest absolute Gasteiger partial charge is 0.444 e. The Labute approximate surface area is 219 Å². The average molecular weight is 531 g/mol. The van der Waals surface area contributed by atoms with Crippen molar-refractivity contribution in [3.05, 3.63) is 45.7 Å². The van der Waals surface area contributed by atoms with E-state index >= 15 is 0 Å². The van der Waals surface area contributed by atoms with Crippen molar-refractivity contribution >= 4 is 46.2 Å². The predicted molar refractivity (Wildman–Crippen MR) is 142 cm³/mol. The van der Waals surface area contributed by atoms with E-state index in [9.17, 15) is 9.59 Å². The van der Waals surface area contributed by atoms with Gasteiger partial charge >= 0.3 is 6.09 Å². The van der Waals surface area contributed by atoms with Gasteiger partial charge in [0.05, 0.1) is 28.3 Å². The lowest BCUT2D eigenvalue weighted by molar-refractivity contribution is 0.0495. The van der Waals surface area contributed by atoms with Gasteiger partial charge in [0.1, 0.15) is 22.3 Å². The maximum absolute atomic E-state index is 12.4. The zero-order valence-corrected chi connectivity index (χ0v) is 22.7. The Hall–Kier alpha value is -2.85. The molecule has 1 aliphatic heterocycles. The van der Waals surface area contributed by atoms with Crippen molar-refractivity contribution in [1.82, 2.24) is 25.3 Å². The quantitative estimate of drug-likeness (QED) is 0.476. The van der Waals surface area contributed by atoms with Gasteiger partial charge < -0.3 is 19.9 Å². The topological polar surface area (TPSA) is 113 Å². The van der Waals surface area contributed by atoms with Crippen LogP contribution in [0.2, 0.25) is 5.02 Å². The smallest absolute Gasteiger partial charge is 0.407 e. The number of piperidine rings is 1. The minimum absolute atomic E-state index is 0.00526. The highest BCUT2D eigenvalue weighted by Gasteiger charge is 2.31. The van der Waals surface area contributed by atoms with Gasteiger partial charge in [0, 0.05) is 24.5 Å². The molecule has 1 aliphatic rings. The van der Waals surface area contributed by atoms with E-state index in [1.807, 2.05) is 26.8 Å². The third-order valence-corrected chi connectivity index (χ3v) is 7.56. The second kappa shape index (κ2) is 10.3. The molecule has 0 radical (unpaired) electrons. The molecule has 1 aromatic carbocycles. The molecule has 3 aromatic rings. The molecule has 0 unspecified atom stereocenters. The number of hydrogen-bond acceptors (Lipinski definition) is 8. The molecule has 0 atom stereocenters. The second-order valence-corrected chi connectivity index (χ2v) is 11.8. The predicted octanol–water partition coefficient (Wildman–Crippen LogP) is 4.96. The highest BCUT2D eigenvalue weighted by atomic mass is 35.5.